The van der Waals surface area contributed by atoms with E-state index in [9.17, 15) is 13.2 Å². The molecule has 2 aromatic rings. The zero-order valence-electron chi connectivity index (χ0n) is 10.4. The molecule has 20 heavy (non-hydrogen) atoms. The smallest absolute Gasteiger partial charge is 0.241 e. The number of rotatable bonds is 1. The van der Waals surface area contributed by atoms with Crippen LogP contribution in [0.25, 0.3) is 0 Å². The van der Waals surface area contributed by atoms with Crippen molar-refractivity contribution in [2.75, 3.05) is 0 Å². The van der Waals surface area contributed by atoms with E-state index in [2.05, 4.69) is 26.0 Å². The van der Waals surface area contributed by atoms with Crippen LogP contribution < -0.4 is 0 Å². The van der Waals surface area contributed by atoms with Gasteiger partial charge in [-0.1, -0.05) is 12.1 Å². The van der Waals surface area contributed by atoms with Crippen LogP contribution in [0, 0.1) is 0 Å². The van der Waals surface area contributed by atoms with Crippen molar-refractivity contribution in [2.24, 2.45) is 0 Å². The van der Waals surface area contributed by atoms with Crippen molar-refractivity contribution in [3.63, 3.8) is 0 Å². The first-order valence-electron chi connectivity index (χ1n) is 6.23. The van der Waals surface area contributed by atoms with E-state index in [1.807, 2.05) is 0 Å². The summed E-state index contributed by atoms with van der Waals surface area (Å²) in [6.45, 7) is 0. The monoisotopic (exact) mass is 345 g/mol. The minimum absolute atomic E-state index is 0.181. The number of aryl methyl sites for hydroxylation is 1. The maximum absolute atomic E-state index is 12.8. The van der Waals surface area contributed by atoms with Crippen molar-refractivity contribution >= 4 is 15.9 Å². The number of fused-ring (bicyclic) bond motifs is 1. The van der Waals surface area contributed by atoms with E-state index in [0.29, 0.717) is 10.3 Å². The third-order valence-electron chi connectivity index (χ3n) is 3.45. The van der Waals surface area contributed by atoms with Crippen LogP contribution in [-0.2, 0) is 12.6 Å². The largest absolute Gasteiger partial charge is 0.416 e. The molecule has 0 fully saturated rings. The molecule has 0 aliphatic carbocycles. The summed E-state index contributed by atoms with van der Waals surface area (Å²) in [7, 11) is 0. The Labute approximate surface area is 121 Å². The minimum atomic E-state index is -4.32. The van der Waals surface area contributed by atoms with Crippen LogP contribution in [0.4, 0.5) is 13.2 Å². The molecule has 0 saturated heterocycles. The first-order valence-corrected chi connectivity index (χ1v) is 7.02. The third-order valence-corrected chi connectivity index (χ3v) is 3.78. The predicted octanol–water partition coefficient (Wildman–Crippen LogP) is 3.99. The van der Waals surface area contributed by atoms with Gasteiger partial charge in [-0.15, -0.1) is 5.10 Å². The average molecular weight is 346 g/mol. The molecule has 2 heterocycles. The van der Waals surface area contributed by atoms with Crippen molar-refractivity contribution in [3.8, 4) is 0 Å². The number of hydrogen-bond acceptors (Lipinski definition) is 2. The fraction of sp³-hybridized carbons (Fsp3) is 0.385. The average Bonchev–Trinajstić information content (AvgIpc) is 2.77. The normalized spacial score (nSPS) is 18.9. The Balaban J connectivity index is 2.02. The highest BCUT2D eigenvalue weighted by Gasteiger charge is 2.32. The van der Waals surface area contributed by atoms with E-state index in [-0.39, 0.29) is 6.04 Å². The molecule has 106 valence electrons. The van der Waals surface area contributed by atoms with Crippen molar-refractivity contribution in [1.29, 1.82) is 0 Å². The number of nitrogens with zero attached hydrogens (tertiary/aromatic N) is 3. The number of benzene rings is 1. The van der Waals surface area contributed by atoms with Crippen molar-refractivity contribution in [3.05, 3.63) is 46.0 Å². The van der Waals surface area contributed by atoms with Crippen molar-refractivity contribution in [1.82, 2.24) is 14.8 Å². The zero-order valence-corrected chi connectivity index (χ0v) is 11.9. The Morgan fingerprint density at radius 2 is 2.10 bits per heavy atom. The quantitative estimate of drug-likeness (QED) is 0.782. The maximum Gasteiger partial charge on any atom is 0.416 e. The fourth-order valence-corrected chi connectivity index (χ4v) is 2.93. The molecular weight excluding hydrogens is 335 g/mol. The first kappa shape index (κ1) is 13.6. The van der Waals surface area contributed by atoms with Crippen LogP contribution in [0.1, 0.15) is 35.8 Å². The number of aromatic nitrogens is 3. The van der Waals surface area contributed by atoms with E-state index in [1.54, 1.807) is 10.7 Å². The van der Waals surface area contributed by atoms with Crippen LogP contribution >= 0.6 is 15.9 Å². The lowest BCUT2D eigenvalue weighted by Crippen LogP contribution is -2.20. The van der Waals surface area contributed by atoms with Gasteiger partial charge < -0.3 is 0 Å². The molecule has 1 aliphatic heterocycles. The van der Waals surface area contributed by atoms with Gasteiger partial charge >= 0.3 is 6.18 Å². The van der Waals surface area contributed by atoms with Gasteiger partial charge in [0, 0.05) is 6.42 Å². The predicted molar refractivity (Wildman–Crippen MR) is 70.2 cm³/mol. The second kappa shape index (κ2) is 4.87. The minimum Gasteiger partial charge on any atom is -0.241 e. The molecule has 3 rings (SSSR count). The van der Waals surface area contributed by atoms with Crippen molar-refractivity contribution < 1.29 is 13.2 Å². The molecule has 1 atom stereocenters. The summed E-state index contributed by atoms with van der Waals surface area (Å²) in [4.78, 5) is 4.24. The summed E-state index contributed by atoms with van der Waals surface area (Å²) >= 11 is 3.22. The topological polar surface area (TPSA) is 30.7 Å². The summed E-state index contributed by atoms with van der Waals surface area (Å²) in [6.07, 6.45) is -1.86. The molecule has 1 aromatic carbocycles. The molecule has 1 aromatic heterocycles. The van der Waals surface area contributed by atoms with E-state index >= 15 is 0 Å². The Hall–Kier alpha value is -1.37. The van der Waals surface area contributed by atoms with E-state index < -0.39 is 11.7 Å². The summed E-state index contributed by atoms with van der Waals surface area (Å²) in [6, 6.07) is 5.27. The molecule has 0 bridgehead atoms. The Morgan fingerprint density at radius 1 is 1.30 bits per heavy atom. The Morgan fingerprint density at radius 3 is 2.85 bits per heavy atom. The standard InChI is InChI=1S/C13H11BrF3N3/c14-12-18-11-6-2-5-10(20(11)19-12)8-3-1-4-9(7-8)13(15,16)17/h1,3-4,7,10H,2,5-6H2. The maximum atomic E-state index is 12.8. The van der Waals surface area contributed by atoms with Gasteiger partial charge in [-0.2, -0.15) is 13.2 Å². The van der Waals surface area contributed by atoms with Crippen LogP contribution in [0.3, 0.4) is 0 Å². The SMILES string of the molecule is FC(F)(F)c1cccc(C2CCCc3nc(Br)nn32)c1. The molecule has 0 amide bonds. The van der Waals surface area contributed by atoms with Crippen LogP contribution in [-0.4, -0.2) is 14.8 Å². The molecule has 0 saturated carbocycles. The first-order chi connectivity index (χ1) is 9.45. The van der Waals surface area contributed by atoms with Crippen molar-refractivity contribution in [2.45, 2.75) is 31.5 Å². The molecule has 0 N–H and O–H groups in total. The molecule has 7 heteroatoms. The van der Waals surface area contributed by atoms with E-state index in [4.69, 9.17) is 0 Å². The highest BCUT2D eigenvalue weighted by atomic mass is 79.9. The molecule has 3 nitrogen and oxygen atoms in total. The van der Waals surface area contributed by atoms with Gasteiger partial charge in [-0.05, 0) is 46.5 Å². The second-order valence-corrected chi connectivity index (χ2v) is 5.48. The zero-order chi connectivity index (χ0) is 14.3. The number of alkyl halides is 3. The molecule has 0 spiro atoms. The third kappa shape index (κ3) is 2.46. The summed E-state index contributed by atoms with van der Waals surface area (Å²) in [5.41, 5.74) is -0.000482. The fourth-order valence-electron chi connectivity index (χ4n) is 2.55. The van der Waals surface area contributed by atoms with Gasteiger partial charge in [-0.3, -0.25) is 0 Å². The van der Waals surface area contributed by atoms with E-state index in [0.717, 1.165) is 31.2 Å². The van der Waals surface area contributed by atoms with Gasteiger partial charge in [-0.25, -0.2) is 9.67 Å². The van der Waals surface area contributed by atoms with Gasteiger partial charge in [0.05, 0.1) is 11.6 Å². The Kier molecular flexibility index (Phi) is 3.32. The number of hydrogen-bond donors (Lipinski definition) is 0. The van der Waals surface area contributed by atoms with Gasteiger partial charge in [0.25, 0.3) is 0 Å². The van der Waals surface area contributed by atoms with Crippen LogP contribution in [0.15, 0.2) is 29.0 Å². The summed E-state index contributed by atoms with van der Waals surface area (Å²) in [5, 5.41) is 4.24. The highest BCUT2D eigenvalue weighted by molar-refractivity contribution is 9.10. The number of halogens is 4. The van der Waals surface area contributed by atoms with Gasteiger partial charge in [0.15, 0.2) is 0 Å². The molecular formula is C13H11BrF3N3. The van der Waals surface area contributed by atoms with Crippen LogP contribution in [0.5, 0.6) is 0 Å². The van der Waals surface area contributed by atoms with Crippen LogP contribution in [0.2, 0.25) is 0 Å². The van der Waals surface area contributed by atoms with E-state index in [1.165, 1.54) is 12.1 Å². The lowest BCUT2D eigenvalue weighted by molar-refractivity contribution is -0.137. The molecule has 1 unspecified atom stereocenters. The lowest BCUT2D eigenvalue weighted by atomic mass is 9.96. The van der Waals surface area contributed by atoms with Gasteiger partial charge in [0.1, 0.15) is 5.82 Å². The Bertz CT molecular complexity index is 636. The van der Waals surface area contributed by atoms with Gasteiger partial charge in [0.2, 0.25) is 4.73 Å². The molecule has 1 aliphatic rings. The lowest BCUT2D eigenvalue weighted by Gasteiger charge is -2.24. The summed E-state index contributed by atoms with van der Waals surface area (Å²) < 4.78 is 40.6. The molecule has 0 radical (unpaired) electrons. The second-order valence-electron chi connectivity index (χ2n) is 4.77. The summed E-state index contributed by atoms with van der Waals surface area (Å²) in [5.74, 6) is 0.811. The highest BCUT2D eigenvalue weighted by Crippen LogP contribution is 2.34.